The summed E-state index contributed by atoms with van der Waals surface area (Å²) < 4.78 is 5.74. The van der Waals surface area contributed by atoms with Crippen LogP contribution in [0.5, 0.6) is 0 Å². The van der Waals surface area contributed by atoms with Crippen LogP contribution in [-0.4, -0.2) is 11.6 Å². The molecule has 2 aromatic rings. The second kappa shape index (κ2) is 3.49. The van der Waals surface area contributed by atoms with E-state index in [4.69, 9.17) is 4.74 Å². The van der Waals surface area contributed by atoms with E-state index in [2.05, 4.69) is 49.3 Å². The van der Waals surface area contributed by atoms with Crippen LogP contribution in [0.3, 0.4) is 0 Å². The van der Waals surface area contributed by atoms with E-state index in [1.165, 1.54) is 27.6 Å². The van der Waals surface area contributed by atoms with Crippen LogP contribution >= 0.6 is 0 Å². The highest BCUT2D eigenvalue weighted by molar-refractivity contribution is 5.86. The summed E-state index contributed by atoms with van der Waals surface area (Å²) in [5.74, 6) is 0. The van der Waals surface area contributed by atoms with Gasteiger partial charge in [-0.05, 0) is 25.0 Å². The molecule has 1 unspecified atom stereocenters. The molecule has 1 aromatic heterocycles. The van der Waals surface area contributed by atoms with Gasteiger partial charge >= 0.3 is 0 Å². The minimum atomic E-state index is 0.135. The second-order valence-electron chi connectivity index (χ2n) is 4.40. The molecule has 1 aliphatic heterocycles. The third-order valence-corrected chi connectivity index (χ3v) is 3.32. The van der Waals surface area contributed by atoms with Gasteiger partial charge in [0.05, 0.1) is 6.61 Å². The zero-order chi connectivity index (χ0) is 11.1. The fourth-order valence-corrected chi connectivity index (χ4v) is 2.39. The lowest BCUT2D eigenvalue weighted by Crippen LogP contribution is -1.97. The lowest BCUT2D eigenvalue weighted by Gasteiger charge is -2.11. The molecule has 0 fully saturated rings. The maximum absolute atomic E-state index is 5.74. The molecule has 16 heavy (non-hydrogen) atoms. The molecular formula is C14H15NO. The molecule has 1 aromatic carbocycles. The first kappa shape index (κ1) is 9.67. The fraction of sp³-hybridized carbons (Fsp3) is 0.286. The molecule has 2 heterocycles. The quantitative estimate of drug-likeness (QED) is 0.721. The van der Waals surface area contributed by atoms with Gasteiger partial charge in [-0.1, -0.05) is 24.3 Å². The van der Waals surface area contributed by atoms with Crippen molar-refractivity contribution in [2.45, 2.75) is 20.0 Å². The summed E-state index contributed by atoms with van der Waals surface area (Å²) in [5.41, 5.74) is 5.07. The van der Waals surface area contributed by atoms with Crippen molar-refractivity contribution in [2.75, 3.05) is 6.61 Å². The highest BCUT2D eigenvalue weighted by atomic mass is 16.5. The van der Waals surface area contributed by atoms with Gasteiger partial charge in [-0.3, -0.25) is 0 Å². The molecule has 1 aliphatic rings. The van der Waals surface area contributed by atoms with E-state index in [-0.39, 0.29) is 6.10 Å². The van der Waals surface area contributed by atoms with Crippen molar-refractivity contribution in [1.82, 2.24) is 4.98 Å². The smallest absolute Gasteiger partial charge is 0.106 e. The number of aryl methyl sites for hydroxylation is 1. The third kappa shape index (κ3) is 1.30. The molecule has 0 amide bonds. The predicted molar refractivity (Wildman–Crippen MR) is 65.5 cm³/mol. The number of ether oxygens (including phenoxy) is 1. The van der Waals surface area contributed by atoms with E-state index in [1.807, 2.05) is 0 Å². The van der Waals surface area contributed by atoms with Gasteiger partial charge in [0.15, 0.2) is 0 Å². The molecule has 0 saturated heterocycles. The summed E-state index contributed by atoms with van der Waals surface area (Å²) >= 11 is 0. The second-order valence-corrected chi connectivity index (χ2v) is 4.40. The van der Waals surface area contributed by atoms with Crippen LogP contribution in [-0.2, 0) is 4.74 Å². The summed E-state index contributed by atoms with van der Waals surface area (Å²) in [6.07, 6.45) is 4.36. The molecule has 3 rings (SSSR count). The average Bonchev–Trinajstić information content (AvgIpc) is 2.84. The summed E-state index contributed by atoms with van der Waals surface area (Å²) in [4.78, 5) is 3.35. The lowest BCUT2D eigenvalue weighted by molar-refractivity contribution is 0.124. The van der Waals surface area contributed by atoms with Crippen LogP contribution in [0.1, 0.15) is 24.2 Å². The van der Waals surface area contributed by atoms with Crippen LogP contribution in [0, 0.1) is 6.92 Å². The molecule has 0 bridgehead atoms. The molecule has 0 saturated carbocycles. The largest absolute Gasteiger partial charge is 0.365 e. The molecule has 2 heteroatoms. The Morgan fingerprint density at radius 3 is 2.94 bits per heavy atom. The Morgan fingerprint density at radius 1 is 1.31 bits per heavy atom. The Labute approximate surface area is 94.9 Å². The molecule has 0 aliphatic carbocycles. The van der Waals surface area contributed by atoms with Crippen molar-refractivity contribution in [3.05, 3.63) is 47.2 Å². The maximum Gasteiger partial charge on any atom is 0.106 e. The Kier molecular flexibility index (Phi) is 2.11. The number of H-pyrrole nitrogens is 1. The van der Waals surface area contributed by atoms with Crippen molar-refractivity contribution >= 4 is 10.9 Å². The van der Waals surface area contributed by atoms with Crippen molar-refractivity contribution < 1.29 is 4.74 Å². The number of hydrogen-bond acceptors (Lipinski definition) is 1. The fourth-order valence-electron chi connectivity index (χ4n) is 2.39. The maximum atomic E-state index is 5.74. The zero-order valence-electron chi connectivity index (χ0n) is 9.58. The van der Waals surface area contributed by atoms with E-state index in [1.54, 1.807) is 0 Å². The van der Waals surface area contributed by atoms with E-state index in [9.17, 15) is 0 Å². The van der Waals surface area contributed by atoms with Crippen LogP contribution in [0.15, 0.2) is 36.0 Å². The summed E-state index contributed by atoms with van der Waals surface area (Å²) in [5, 5.41) is 1.28. The number of rotatable bonds is 1. The predicted octanol–water partition coefficient (Wildman–Crippen LogP) is 3.49. The molecular weight excluding hydrogens is 198 g/mol. The molecule has 0 spiro atoms. The van der Waals surface area contributed by atoms with Crippen molar-refractivity contribution in [3.8, 4) is 0 Å². The van der Waals surface area contributed by atoms with E-state index >= 15 is 0 Å². The van der Waals surface area contributed by atoms with Crippen molar-refractivity contribution in [1.29, 1.82) is 0 Å². The molecule has 2 nitrogen and oxygen atoms in total. The molecule has 0 radical (unpaired) electrons. The summed E-state index contributed by atoms with van der Waals surface area (Å²) in [7, 11) is 0. The van der Waals surface area contributed by atoms with Gasteiger partial charge in [0.25, 0.3) is 0 Å². The summed E-state index contributed by atoms with van der Waals surface area (Å²) in [6.45, 7) is 4.99. The first-order valence-corrected chi connectivity index (χ1v) is 5.62. The van der Waals surface area contributed by atoms with E-state index < -0.39 is 0 Å². The topological polar surface area (TPSA) is 25.0 Å². The summed E-state index contributed by atoms with van der Waals surface area (Å²) in [6, 6.07) is 6.38. The Bertz CT molecular complexity index is 565. The van der Waals surface area contributed by atoms with Crippen LogP contribution < -0.4 is 0 Å². The highest BCUT2D eigenvalue weighted by Crippen LogP contribution is 2.35. The van der Waals surface area contributed by atoms with Gasteiger partial charge in [-0.2, -0.15) is 0 Å². The minimum Gasteiger partial charge on any atom is -0.365 e. The minimum absolute atomic E-state index is 0.135. The van der Waals surface area contributed by atoms with Crippen LogP contribution in [0.4, 0.5) is 0 Å². The number of aromatic nitrogens is 1. The molecule has 1 N–H and O–H groups in total. The zero-order valence-corrected chi connectivity index (χ0v) is 9.58. The Hall–Kier alpha value is -1.54. The lowest BCUT2D eigenvalue weighted by atomic mass is 10.0. The number of benzene rings is 1. The van der Waals surface area contributed by atoms with Crippen molar-refractivity contribution in [3.63, 3.8) is 0 Å². The Morgan fingerprint density at radius 2 is 2.19 bits per heavy atom. The van der Waals surface area contributed by atoms with E-state index in [0.29, 0.717) is 0 Å². The van der Waals surface area contributed by atoms with Gasteiger partial charge in [-0.25, -0.2) is 0 Å². The average molecular weight is 213 g/mol. The monoisotopic (exact) mass is 213 g/mol. The Balaban J connectivity index is 2.18. The van der Waals surface area contributed by atoms with Gasteiger partial charge in [0.2, 0.25) is 0 Å². The van der Waals surface area contributed by atoms with Gasteiger partial charge < -0.3 is 9.72 Å². The number of para-hydroxylation sites is 1. The number of hydrogen-bond donors (Lipinski definition) is 1. The number of fused-ring (bicyclic) bond motifs is 1. The van der Waals surface area contributed by atoms with Crippen LogP contribution in [0.25, 0.3) is 10.9 Å². The molecule has 82 valence electrons. The highest BCUT2D eigenvalue weighted by Gasteiger charge is 2.21. The van der Waals surface area contributed by atoms with Gasteiger partial charge in [0.1, 0.15) is 6.10 Å². The SMILES string of the molecule is CC1=CCOC1c1c[nH]c2c(C)cccc12. The molecule has 1 atom stereocenters. The van der Waals surface area contributed by atoms with E-state index in [0.717, 1.165) is 6.61 Å². The van der Waals surface area contributed by atoms with Gasteiger partial charge in [-0.15, -0.1) is 0 Å². The normalized spacial score (nSPS) is 20.4. The first-order valence-electron chi connectivity index (χ1n) is 5.62. The third-order valence-electron chi connectivity index (χ3n) is 3.32. The van der Waals surface area contributed by atoms with Gasteiger partial charge in [0, 0.05) is 22.7 Å². The van der Waals surface area contributed by atoms with Crippen molar-refractivity contribution in [2.24, 2.45) is 0 Å². The number of nitrogens with one attached hydrogen (secondary N) is 1. The first-order chi connectivity index (χ1) is 7.77. The number of aromatic amines is 1. The van der Waals surface area contributed by atoms with Crippen LogP contribution in [0.2, 0.25) is 0 Å². The standard InChI is InChI=1S/C14H15NO/c1-9-4-3-5-11-12(8-15-13(9)11)14-10(2)6-7-16-14/h3-6,8,14-15H,7H2,1-2H3.